The smallest absolute Gasteiger partial charge is 0.0283 e. The van der Waals surface area contributed by atoms with Gasteiger partial charge in [0.2, 0.25) is 0 Å². The molecule has 4 rings (SSSR count). The molecule has 2 nitrogen and oxygen atoms in total. The molecule has 2 saturated heterocycles. The normalized spacial score (nSPS) is 29.7. The summed E-state index contributed by atoms with van der Waals surface area (Å²) in [5.74, 6) is 0.940. The SMILES string of the molecule is CSc1ccc(CN2CCN3CCC[C@H]3[C@@H]2C2CCCCC2)cc1. The summed E-state index contributed by atoms with van der Waals surface area (Å²) in [5.41, 5.74) is 1.50. The first-order valence-corrected chi connectivity index (χ1v) is 11.2. The van der Waals surface area contributed by atoms with Crippen LogP contribution in [0.5, 0.6) is 0 Å². The van der Waals surface area contributed by atoms with Gasteiger partial charge in [-0.1, -0.05) is 31.4 Å². The summed E-state index contributed by atoms with van der Waals surface area (Å²) >= 11 is 1.84. The number of hydrogen-bond acceptors (Lipinski definition) is 3. The predicted molar refractivity (Wildman–Crippen MR) is 104 cm³/mol. The number of benzene rings is 1. The van der Waals surface area contributed by atoms with E-state index in [1.807, 2.05) is 11.8 Å². The average molecular weight is 345 g/mol. The molecule has 0 radical (unpaired) electrons. The van der Waals surface area contributed by atoms with Gasteiger partial charge in [-0.25, -0.2) is 0 Å². The van der Waals surface area contributed by atoms with Gasteiger partial charge in [-0.3, -0.25) is 9.80 Å². The largest absolute Gasteiger partial charge is 0.298 e. The highest BCUT2D eigenvalue weighted by molar-refractivity contribution is 7.98. The van der Waals surface area contributed by atoms with E-state index < -0.39 is 0 Å². The van der Waals surface area contributed by atoms with Crippen LogP contribution < -0.4 is 0 Å². The predicted octanol–water partition coefficient (Wildman–Crippen LogP) is 4.64. The van der Waals surface area contributed by atoms with Gasteiger partial charge >= 0.3 is 0 Å². The molecule has 0 spiro atoms. The Morgan fingerprint density at radius 3 is 2.46 bits per heavy atom. The van der Waals surface area contributed by atoms with Crippen molar-refractivity contribution in [1.29, 1.82) is 0 Å². The van der Waals surface area contributed by atoms with Crippen molar-refractivity contribution in [1.82, 2.24) is 9.80 Å². The minimum absolute atomic E-state index is 0.807. The quantitative estimate of drug-likeness (QED) is 0.735. The van der Waals surface area contributed by atoms with Crippen molar-refractivity contribution in [3.63, 3.8) is 0 Å². The summed E-state index contributed by atoms with van der Waals surface area (Å²) in [7, 11) is 0. The van der Waals surface area contributed by atoms with Gasteiger partial charge in [-0.05, 0) is 62.1 Å². The van der Waals surface area contributed by atoms with Crippen LogP contribution in [0.15, 0.2) is 29.2 Å². The molecule has 1 aliphatic carbocycles. The lowest BCUT2D eigenvalue weighted by Crippen LogP contribution is -2.59. The Hall–Kier alpha value is -0.510. The number of nitrogens with zero attached hydrogens (tertiary/aromatic N) is 2. The second-order valence-corrected chi connectivity index (χ2v) is 8.83. The van der Waals surface area contributed by atoms with Crippen molar-refractivity contribution in [2.45, 2.75) is 68.5 Å². The van der Waals surface area contributed by atoms with E-state index in [1.54, 1.807) is 0 Å². The third-order valence-corrected chi connectivity index (χ3v) is 7.33. The highest BCUT2D eigenvalue weighted by atomic mass is 32.2. The van der Waals surface area contributed by atoms with Gasteiger partial charge in [0, 0.05) is 36.6 Å². The molecule has 1 saturated carbocycles. The minimum Gasteiger partial charge on any atom is -0.298 e. The zero-order chi connectivity index (χ0) is 16.4. The van der Waals surface area contributed by atoms with Gasteiger partial charge in [-0.2, -0.15) is 0 Å². The lowest BCUT2D eigenvalue weighted by atomic mass is 9.78. The molecule has 0 unspecified atom stereocenters. The summed E-state index contributed by atoms with van der Waals surface area (Å²) < 4.78 is 0. The molecular weight excluding hydrogens is 312 g/mol. The van der Waals surface area contributed by atoms with E-state index in [4.69, 9.17) is 0 Å². The molecule has 3 heteroatoms. The maximum absolute atomic E-state index is 2.86. The number of piperazine rings is 1. The van der Waals surface area contributed by atoms with Crippen molar-refractivity contribution in [3.05, 3.63) is 29.8 Å². The van der Waals surface area contributed by atoms with Gasteiger partial charge in [0.25, 0.3) is 0 Å². The molecule has 1 aromatic rings. The summed E-state index contributed by atoms with van der Waals surface area (Å²) in [5, 5.41) is 0. The molecule has 0 N–H and O–H groups in total. The minimum atomic E-state index is 0.807. The van der Waals surface area contributed by atoms with Crippen molar-refractivity contribution in [3.8, 4) is 0 Å². The number of rotatable bonds is 4. The molecular formula is C21H32N2S. The van der Waals surface area contributed by atoms with Crippen molar-refractivity contribution >= 4 is 11.8 Å². The maximum Gasteiger partial charge on any atom is 0.0283 e. The molecule has 1 aromatic carbocycles. The number of thioether (sulfide) groups is 1. The average Bonchev–Trinajstić information content (AvgIpc) is 3.11. The second-order valence-electron chi connectivity index (χ2n) is 7.95. The summed E-state index contributed by atoms with van der Waals surface area (Å²) in [6.07, 6.45) is 12.3. The lowest BCUT2D eigenvalue weighted by Gasteiger charge is -2.49. The summed E-state index contributed by atoms with van der Waals surface area (Å²) in [4.78, 5) is 7.05. The van der Waals surface area contributed by atoms with Crippen LogP contribution in [0.4, 0.5) is 0 Å². The Kier molecular flexibility index (Phi) is 5.50. The van der Waals surface area contributed by atoms with E-state index in [0.717, 1.165) is 24.5 Å². The zero-order valence-corrected chi connectivity index (χ0v) is 15.9. The number of fused-ring (bicyclic) bond motifs is 1. The first kappa shape index (κ1) is 16.9. The van der Waals surface area contributed by atoms with E-state index >= 15 is 0 Å². The highest BCUT2D eigenvalue weighted by Gasteiger charge is 2.42. The molecule has 24 heavy (non-hydrogen) atoms. The maximum atomic E-state index is 2.86. The third kappa shape index (κ3) is 3.54. The molecule has 0 bridgehead atoms. The molecule has 2 heterocycles. The van der Waals surface area contributed by atoms with E-state index in [0.29, 0.717) is 0 Å². The first-order chi connectivity index (χ1) is 11.8. The lowest BCUT2D eigenvalue weighted by molar-refractivity contribution is -0.00380. The molecule has 0 aromatic heterocycles. The topological polar surface area (TPSA) is 6.48 Å². The molecule has 2 atom stereocenters. The Labute approximate surface area is 152 Å². The fourth-order valence-electron chi connectivity index (χ4n) is 5.40. The van der Waals surface area contributed by atoms with Crippen LogP contribution in [-0.4, -0.2) is 47.8 Å². The van der Waals surface area contributed by atoms with Crippen molar-refractivity contribution in [2.75, 3.05) is 25.9 Å². The van der Waals surface area contributed by atoms with Crippen LogP contribution in [0.3, 0.4) is 0 Å². The Morgan fingerprint density at radius 1 is 0.917 bits per heavy atom. The van der Waals surface area contributed by atoms with E-state index in [1.165, 1.54) is 75.0 Å². The van der Waals surface area contributed by atoms with Crippen LogP contribution in [0, 0.1) is 5.92 Å². The fraction of sp³-hybridized carbons (Fsp3) is 0.714. The van der Waals surface area contributed by atoms with E-state index in [-0.39, 0.29) is 0 Å². The first-order valence-electron chi connectivity index (χ1n) is 9.96. The summed E-state index contributed by atoms with van der Waals surface area (Å²) in [6, 6.07) is 10.9. The van der Waals surface area contributed by atoms with Crippen LogP contribution in [0.2, 0.25) is 0 Å². The molecule has 2 aliphatic heterocycles. The van der Waals surface area contributed by atoms with Gasteiger partial charge < -0.3 is 0 Å². The molecule has 0 amide bonds. The zero-order valence-electron chi connectivity index (χ0n) is 15.1. The molecule has 3 fully saturated rings. The van der Waals surface area contributed by atoms with Crippen LogP contribution in [0.1, 0.15) is 50.5 Å². The van der Waals surface area contributed by atoms with E-state index in [2.05, 4.69) is 40.3 Å². The standard InChI is InChI=1S/C21H32N2S/c1-24-19-11-9-17(10-12-19)16-23-15-14-22-13-5-8-20(22)21(23)18-6-3-2-4-7-18/h9-12,18,20-21H,2-8,13-16H2,1H3/t20-,21-/m0/s1. The van der Waals surface area contributed by atoms with Crippen molar-refractivity contribution < 1.29 is 0 Å². The van der Waals surface area contributed by atoms with E-state index in [9.17, 15) is 0 Å². The highest BCUT2D eigenvalue weighted by Crippen LogP contribution is 2.38. The fourth-order valence-corrected chi connectivity index (χ4v) is 5.81. The number of hydrogen-bond donors (Lipinski definition) is 0. The third-order valence-electron chi connectivity index (χ3n) is 6.58. The Bertz CT molecular complexity index is 523. The summed E-state index contributed by atoms with van der Waals surface area (Å²) in [6.45, 7) is 5.06. The molecule has 3 aliphatic rings. The second kappa shape index (κ2) is 7.80. The van der Waals surface area contributed by atoms with Crippen LogP contribution in [-0.2, 0) is 6.54 Å². The van der Waals surface area contributed by atoms with Crippen molar-refractivity contribution in [2.24, 2.45) is 5.92 Å². The van der Waals surface area contributed by atoms with Crippen LogP contribution in [0.25, 0.3) is 0 Å². The van der Waals surface area contributed by atoms with Gasteiger partial charge in [0.05, 0.1) is 0 Å². The van der Waals surface area contributed by atoms with Gasteiger partial charge in [0.1, 0.15) is 0 Å². The molecule has 132 valence electrons. The monoisotopic (exact) mass is 344 g/mol. The Balaban J connectivity index is 1.52. The Morgan fingerprint density at radius 2 is 1.71 bits per heavy atom. The van der Waals surface area contributed by atoms with Gasteiger partial charge in [-0.15, -0.1) is 11.8 Å². The van der Waals surface area contributed by atoms with Gasteiger partial charge in [0.15, 0.2) is 0 Å². The van der Waals surface area contributed by atoms with Crippen LogP contribution >= 0.6 is 11.8 Å².